The standard InChI is InChI=1S/C18H19ClN4O4/c1-10-7-14(25)23(17(26)27-18(2,3)4)21-16(10)15-12(9-24)20-22-8-11(19)5-6-13(15)22/h5-6,8-10H,7H2,1-4H3. The molecule has 2 aromatic heterocycles. The highest BCUT2D eigenvalue weighted by atomic mass is 35.5. The van der Waals surface area contributed by atoms with Crippen molar-refractivity contribution in [2.24, 2.45) is 11.0 Å². The molecule has 142 valence electrons. The molecule has 9 heteroatoms. The molecule has 27 heavy (non-hydrogen) atoms. The topological polar surface area (TPSA) is 93.3 Å². The van der Waals surface area contributed by atoms with Crippen molar-refractivity contribution in [1.29, 1.82) is 0 Å². The van der Waals surface area contributed by atoms with Gasteiger partial charge in [0.15, 0.2) is 6.29 Å². The summed E-state index contributed by atoms with van der Waals surface area (Å²) in [5.74, 6) is -0.772. The number of hydrazone groups is 1. The summed E-state index contributed by atoms with van der Waals surface area (Å²) in [6, 6.07) is 3.38. The lowest BCUT2D eigenvalue weighted by Crippen LogP contribution is -2.42. The van der Waals surface area contributed by atoms with Crippen LogP contribution in [0.2, 0.25) is 5.02 Å². The average molecular weight is 391 g/mol. The van der Waals surface area contributed by atoms with Gasteiger partial charge in [0.1, 0.15) is 11.3 Å². The van der Waals surface area contributed by atoms with E-state index in [2.05, 4.69) is 10.2 Å². The molecule has 0 bridgehead atoms. The van der Waals surface area contributed by atoms with Crippen LogP contribution in [0.25, 0.3) is 5.52 Å². The average Bonchev–Trinajstić information content (AvgIpc) is 2.90. The van der Waals surface area contributed by atoms with Crippen molar-refractivity contribution in [3.8, 4) is 0 Å². The van der Waals surface area contributed by atoms with Gasteiger partial charge in [0, 0.05) is 18.5 Å². The van der Waals surface area contributed by atoms with Gasteiger partial charge in [-0.3, -0.25) is 9.59 Å². The van der Waals surface area contributed by atoms with Crippen LogP contribution in [0.5, 0.6) is 0 Å². The number of rotatable bonds is 2. The van der Waals surface area contributed by atoms with Crippen LogP contribution in [-0.2, 0) is 9.53 Å². The van der Waals surface area contributed by atoms with E-state index in [4.69, 9.17) is 16.3 Å². The summed E-state index contributed by atoms with van der Waals surface area (Å²) >= 11 is 5.99. The molecule has 1 aliphatic heterocycles. The van der Waals surface area contributed by atoms with Crippen molar-refractivity contribution in [3.63, 3.8) is 0 Å². The summed E-state index contributed by atoms with van der Waals surface area (Å²) in [4.78, 5) is 36.3. The molecular weight excluding hydrogens is 372 g/mol. The summed E-state index contributed by atoms with van der Waals surface area (Å²) in [6.07, 6.45) is 1.38. The maximum absolute atomic E-state index is 12.4. The van der Waals surface area contributed by atoms with Gasteiger partial charge in [-0.15, -0.1) is 5.01 Å². The Morgan fingerprint density at radius 1 is 1.37 bits per heavy atom. The van der Waals surface area contributed by atoms with Crippen molar-refractivity contribution in [2.75, 3.05) is 0 Å². The molecule has 1 aliphatic rings. The van der Waals surface area contributed by atoms with Crippen LogP contribution in [-0.4, -0.2) is 44.2 Å². The number of carbonyl (C=O) groups excluding carboxylic acids is 3. The lowest BCUT2D eigenvalue weighted by molar-refractivity contribution is -0.131. The Bertz CT molecular complexity index is 974. The summed E-state index contributed by atoms with van der Waals surface area (Å²) in [5.41, 5.74) is 0.868. The number of nitrogens with zero attached hydrogens (tertiary/aromatic N) is 4. The molecule has 2 aromatic rings. The summed E-state index contributed by atoms with van der Waals surface area (Å²) < 4.78 is 6.74. The zero-order valence-corrected chi connectivity index (χ0v) is 16.1. The second-order valence-electron chi connectivity index (χ2n) is 7.33. The van der Waals surface area contributed by atoms with Gasteiger partial charge in [0.05, 0.1) is 21.8 Å². The normalized spacial score (nSPS) is 17.8. The van der Waals surface area contributed by atoms with Crippen LogP contribution in [0.1, 0.15) is 50.2 Å². The highest BCUT2D eigenvalue weighted by Crippen LogP contribution is 2.27. The molecule has 0 saturated heterocycles. The quantitative estimate of drug-likeness (QED) is 0.733. The molecule has 0 aliphatic carbocycles. The Hall–Kier alpha value is -2.74. The maximum atomic E-state index is 12.4. The third-order valence-electron chi connectivity index (χ3n) is 3.95. The maximum Gasteiger partial charge on any atom is 0.438 e. The fourth-order valence-electron chi connectivity index (χ4n) is 2.84. The molecule has 8 nitrogen and oxygen atoms in total. The zero-order chi connectivity index (χ0) is 19.9. The number of halogens is 1. The number of amides is 2. The molecule has 0 fully saturated rings. The van der Waals surface area contributed by atoms with Crippen LogP contribution in [0, 0.1) is 5.92 Å². The van der Waals surface area contributed by atoms with Crippen molar-refractivity contribution >= 4 is 41.1 Å². The summed E-state index contributed by atoms with van der Waals surface area (Å²) in [5, 5.41) is 9.62. The van der Waals surface area contributed by atoms with Gasteiger partial charge in [-0.1, -0.05) is 18.5 Å². The number of fused-ring (bicyclic) bond motifs is 1. The first-order chi connectivity index (χ1) is 12.6. The van der Waals surface area contributed by atoms with E-state index < -0.39 is 17.6 Å². The lowest BCUT2D eigenvalue weighted by Gasteiger charge is -2.28. The molecule has 1 unspecified atom stereocenters. The Morgan fingerprint density at radius 3 is 2.70 bits per heavy atom. The van der Waals surface area contributed by atoms with Crippen molar-refractivity contribution in [1.82, 2.24) is 14.6 Å². The van der Waals surface area contributed by atoms with E-state index in [0.717, 1.165) is 0 Å². The first kappa shape index (κ1) is 19.0. The van der Waals surface area contributed by atoms with Gasteiger partial charge < -0.3 is 4.74 Å². The van der Waals surface area contributed by atoms with E-state index in [0.29, 0.717) is 33.1 Å². The number of aldehydes is 1. The lowest BCUT2D eigenvalue weighted by atomic mass is 9.93. The van der Waals surface area contributed by atoms with Crippen molar-refractivity contribution in [2.45, 2.75) is 39.7 Å². The minimum Gasteiger partial charge on any atom is -0.442 e. The fourth-order valence-corrected chi connectivity index (χ4v) is 2.99. The van der Waals surface area contributed by atoms with Crippen molar-refractivity contribution < 1.29 is 19.1 Å². The molecule has 0 saturated carbocycles. The third-order valence-corrected chi connectivity index (χ3v) is 4.17. The van der Waals surface area contributed by atoms with Crippen LogP contribution in [0.3, 0.4) is 0 Å². The van der Waals surface area contributed by atoms with Gasteiger partial charge in [-0.2, -0.15) is 10.2 Å². The first-order valence-corrected chi connectivity index (χ1v) is 8.76. The monoisotopic (exact) mass is 390 g/mol. The summed E-state index contributed by atoms with van der Waals surface area (Å²) in [7, 11) is 0. The van der Waals surface area contributed by atoms with E-state index in [1.165, 1.54) is 4.52 Å². The smallest absolute Gasteiger partial charge is 0.438 e. The molecule has 0 N–H and O–H groups in total. The van der Waals surface area contributed by atoms with Gasteiger partial charge >= 0.3 is 6.09 Å². The molecule has 0 spiro atoms. The predicted molar refractivity (Wildman–Crippen MR) is 99.0 cm³/mol. The second-order valence-corrected chi connectivity index (χ2v) is 7.77. The van der Waals surface area contributed by atoms with Gasteiger partial charge in [0.2, 0.25) is 0 Å². The molecule has 3 heterocycles. The molecular formula is C18H19ClN4O4. The molecule has 0 radical (unpaired) electrons. The van der Waals surface area contributed by atoms with E-state index in [-0.39, 0.29) is 18.0 Å². The highest BCUT2D eigenvalue weighted by Gasteiger charge is 2.36. The SMILES string of the molecule is CC1CC(=O)N(C(=O)OC(C)(C)C)N=C1c1c(C=O)nn2cc(Cl)ccc12. The van der Waals surface area contributed by atoms with Crippen LogP contribution in [0.4, 0.5) is 4.79 Å². The molecule has 3 rings (SSSR count). The number of imide groups is 1. The summed E-state index contributed by atoms with van der Waals surface area (Å²) in [6.45, 7) is 6.90. The molecule has 2 amide bonds. The first-order valence-electron chi connectivity index (χ1n) is 8.38. The minimum atomic E-state index is -0.857. The zero-order valence-electron chi connectivity index (χ0n) is 15.4. The van der Waals surface area contributed by atoms with Crippen LogP contribution < -0.4 is 0 Å². The Labute approximate surface area is 160 Å². The second kappa shape index (κ2) is 6.77. The fraction of sp³-hybridized carbons (Fsp3) is 0.389. The Kier molecular flexibility index (Phi) is 4.77. The number of carbonyl (C=O) groups is 3. The highest BCUT2D eigenvalue weighted by molar-refractivity contribution is 6.30. The Balaban J connectivity index is 2.13. The molecule has 1 atom stereocenters. The van der Waals surface area contributed by atoms with Gasteiger partial charge in [-0.05, 0) is 32.9 Å². The number of hydrogen-bond acceptors (Lipinski definition) is 6. The third kappa shape index (κ3) is 3.71. The minimum absolute atomic E-state index is 0.0568. The van der Waals surface area contributed by atoms with E-state index in [1.54, 1.807) is 46.0 Å². The van der Waals surface area contributed by atoms with E-state index in [1.807, 2.05) is 0 Å². The van der Waals surface area contributed by atoms with Gasteiger partial charge in [0.25, 0.3) is 5.91 Å². The number of ether oxygens (including phenoxy) is 1. The largest absolute Gasteiger partial charge is 0.442 e. The number of pyridine rings is 1. The molecule has 0 aromatic carbocycles. The Morgan fingerprint density at radius 2 is 2.07 bits per heavy atom. The van der Waals surface area contributed by atoms with E-state index in [9.17, 15) is 14.4 Å². The van der Waals surface area contributed by atoms with Crippen LogP contribution >= 0.6 is 11.6 Å². The van der Waals surface area contributed by atoms with Gasteiger partial charge in [-0.25, -0.2) is 9.31 Å². The predicted octanol–water partition coefficient (Wildman–Crippen LogP) is 3.31. The number of aromatic nitrogens is 2. The van der Waals surface area contributed by atoms with Crippen LogP contribution in [0.15, 0.2) is 23.4 Å². The van der Waals surface area contributed by atoms with E-state index >= 15 is 0 Å². The number of hydrogen-bond donors (Lipinski definition) is 0. The van der Waals surface area contributed by atoms with Crippen molar-refractivity contribution in [3.05, 3.63) is 34.6 Å².